The van der Waals surface area contributed by atoms with Crippen molar-refractivity contribution in [3.63, 3.8) is 0 Å². The minimum atomic E-state index is -4.68. The van der Waals surface area contributed by atoms with Crippen molar-refractivity contribution < 1.29 is 32.3 Å². The highest BCUT2D eigenvalue weighted by Crippen LogP contribution is 2.43. The zero-order valence-electron chi connectivity index (χ0n) is 17.7. The summed E-state index contributed by atoms with van der Waals surface area (Å²) < 4.78 is 54.7. The van der Waals surface area contributed by atoms with Gasteiger partial charge in [0.2, 0.25) is 0 Å². The van der Waals surface area contributed by atoms with Crippen molar-refractivity contribution in [2.24, 2.45) is 0 Å². The fraction of sp³-hybridized carbons (Fsp3) is 0.154. The third-order valence-electron chi connectivity index (χ3n) is 5.64. The number of aryl methyl sites for hydroxylation is 1. The minimum Gasteiger partial charge on any atom is -0.503 e. The first-order valence-corrected chi connectivity index (χ1v) is 10.4. The number of carbonyl (C=O) groups excluding carboxylic acids is 2. The molecular weight excluding hydrogens is 450 g/mol. The summed E-state index contributed by atoms with van der Waals surface area (Å²) in [4.78, 5) is 27.0. The molecule has 4 nitrogen and oxygen atoms in total. The number of alkyl halides is 3. The Morgan fingerprint density at radius 3 is 2.29 bits per heavy atom. The van der Waals surface area contributed by atoms with Gasteiger partial charge in [0.25, 0.3) is 5.91 Å². The standard InChI is InChI=1S/C26H19F4NO3/c27-20-12-5-4-11-19(20)23-22(21(32)14-13-16-7-2-1-3-8-16)24(33)25(34)31(23)18-10-6-9-17(15-18)26(28,29)30/h1-12,15,23,33H,13-14H2. The molecule has 1 unspecified atom stereocenters. The van der Waals surface area contributed by atoms with Crippen LogP contribution >= 0.6 is 0 Å². The fourth-order valence-corrected chi connectivity index (χ4v) is 4.02. The van der Waals surface area contributed by atoms with Gasteiger partial charge in [-0.1, -0.05) is 54.6 Å². The summed E-state index contributed by atoms with van der Waals surface area (Å²) in [5, 5.41) is 10.6. The molecule has 1 aliphatic rings. The molecule has 0 aromatic heterocycles. The van der Waals surface area contributed by atoms with Gasteiger partial charge in [-0.25, -0.2) is 4.39 Å². The lowest BCUT2D eigenvalue weighted by Crippen LogP contribution is -2.31. The van der Waals surface area contributed by atoms with Gasteiger partial charge >= 0.3 is 6.18 Å². The number of rotatable bonds is 6. The Morgan fingerprint density at radius 1 is 0.941 bits per heavy atom. The van der Waals surface area contributed by atoms with E-state index < -0.39 is 41.0 Å². The molecule has 3 aromatic rings. The van der Waals surface area contributed by atoms with Gasteiger partial charge in [-0.3, -0.25) is 14.5 Å². The second kappa shape index (κ2) is 9.13. The lowest BCUT2D eigenvalue weighted by Gasteiger charge is -2.27. The molecular formula is C26H19F4NO3. The molecule has 1 amide bonds. The Hall–Kier alpha value is -3.94. The zero-order valence-corrected chi connectivity index (χ0v) is 17.7. The summed E-state index contributed by atoms with van der Waals surface area (Å²) in [5.74, 6) is -3.34. The van der Waals surface area contributed by atoms with Gasteiger partial charge in [0.15, 0.2) is 11.5 Å². The van der Waals surface area contributed by atoms with E-state index in [1.807, 2.05) is 18.2 Å². The van der Waals surface area contributed by atoms with Crippen LogP contribution in [0.3, 0.4) is 0 Å². The van der Waals surface area contributed by atoms with Gasteiger partial charge in [-0.2, -0.15) is 13.2 Å². The number of aliphatic hydroxyl groups excluding tert-OH is 1. The van der Waals surface area contributed by atoms with E-state index in [4.69, 9.17) is 0 Å². The van der Waals surface area contributed by atoms with Crippen LogP contribution in [0.25, 0.3) is 0 Å². The number of carbonyl (C=O) groups is 2. The Morgan fingerprint density at radius 2 is 1.62 bits per heavy atom. The summed E-state index contributed by atoms with van der Waals surface area (Å²) in [6.07, 6.45) is -4.47. The number of hydrogen-bond donors (Lipinski definition) is 1. The Kier molecular flexibility index (Phi) is 6.24. The number of Topliss-reactive ketones (excluding diaryl/α,β-unsaturated/α-hetero) is 1. The normalized spacial score (nSPS) is 16.3. The number of nitrogens with zero attached hydrogens (tertiary/aromatic N) is 1. The molecule has 1 atom stereocenters. The van der Waals surface area contributed by atoms with E-state index in [0.717, 1.165) is 34.7 Å². The van der Waals surface area contributed by atoms with Crippen molar-refractivity contribution in [3.05, 3.63) is 113 Å². The number of aliphatic hydroxyl groups is 1. The molecule has 34 heavy (non-hydrogen) atoms. The maximum absolute atomic E-state index is 14.8. The van der Waals surface area contributed by atoms with Gasteiger partial charge in [0, 0.05) is 17.7 Å². The van der Waals surface area contributed by atoms with Crippen LogP contribution in [0.4, 0.5) is 23.2 Å². The van der Waals surface area contributed by atoms with Crippen molar-refractivity contribution in [2.75, 3.05) is 4.90 Å². The van der Waals surface area contributed by atoms with Gasteiger partial charge < -0.3 is 5.11 Å². The van der Waals surface area contributed by atoms with Gasteiger partial charge in [0.05, 0.1) is 17.2 Å². The van der Waals surface area contributed by atoms with E-state index >= 15 is 0 Å². The number of amides is 1. The van der Waals surface area contributed by atoms with Crippen molar-refractivity contribution in [1.82, 2.24) is 0 Å². The average molecular weight is 469 g/mol. The monoisotopic (exact) mass is 469 g/mol. The minimum absolute atomic E-state index is 0.0852. The lowest BCUT2D eigenvalue weighted by atomic mass is 9.92. The zero-order chi connectivity index (χ0) is 24.5. The van der Waals surface area contributed by atoms with Crippen LogP contribution in [0.5, 0.6) is 0 Å². The molecule has 0 fully saturated rings. The van der Waals surface area contributed by atoms with Gasteiger partial charge in [-0.15, -0.1) is 0 Å². The van der Waals surface area contributed by atoms with Crippen LogP contribution < -0.4 is 4.90 Å². The Balaban J connectivity index is 1.77. The van der Waals surface area contributed by atoms with Crippen LogP contribution in [-0.2, 0) is 22.2 Å². The maximum atomic E-state index is 14.8. The molecule has 0 bridgehead atoms. The van der Waals surface area contributed by atoms with Crippen molar-refractivity contribution >= 4 is 17.4 Å². The van der Waals surface area contributed by atoms with Crippen LogP contribution in [0.2, 0.25) is 0 Å². The van der Waals surface area contributed by atoms with Crippen molar-refractivity contribution in [3.8, 4) is 0 Å². The first kappa shape index (κ1) is 23.2. The molecule has 0 radical (unpaired) electrons. The average Bonchev–Trinajstić information content (AvgIpc) is 3.08. The summed E-state index contributed by atoms with van der Waals surface area (Å²) in [6, 6.07) is 16.9. The molecule has 174 valence electrons. The Labute approximate surface area is 192 Å². The third-order valence-corrected chi connectivity index (χ3v) is 5.64. The van der Waals surface area contributed by atoms with Crippen molar-refractivity contribution in [2.45, 2.75) is 25.1 Å². The Bertz CT molecular complexity index is 1270. The predicted octanol–water partition coefficient (Wildman–Crippen LogP) is 5.95. The number of ketones is 1. The molecule has 0 saturated heterocycles. The summed E-state index contributed by atoms with van der Waals surface area (Å²) in [5.41, 5.74) is -0.847. The molecule has 8 heteroatoms. The molecule has 1 aliphatic heterocycles. The van der Waals surface area contributed by atoms with Crippen LogP contribution in [-0.4, -0.2) is 16.8 Å². The number of anilines is 1. The molecule has 0 spiro atoms. The van der Waals surface area contributed by atoms with E-state index in [0.29, 0.717) is 6.42 Å². The fourth-order valence-electron chi connectivity index (χ4n) is 4.02. The van der Waals surface area contributed by atoms with Crippen LogP contribution in [0, 0.1) is 5.82 Å². The van der Waals surface area contributed by atoms with E-state index in [9.17, 15) is 32.3 Å². The summed E-state index contributed by atoms with van der Waals surface area (Å²) >= 11 is 0. The highest BCUT2D eigenvalue weighted by Gasteiger charge is 2.45. The highest BCUT2D eigenvalue weighted by molar-refractivity contribution is 6.16. The SMILES string of the molecule is O=C(CCc1ccccc1)C1=C(O)C(=O)N(c2cccc(C(F)(F)F)c2)C1c1ccccc1F. The van der Waals surface area contributed by atoms with Crippen molar-refractivity contribution in [1.29, 1.82) is 0 Å². The molecule has 1 N–H and O–H groups in total. The molecule has 0 saturated carbocycles. The number of halogens is 4. The second-order valence-corrected chi connectivity index (χ2v) is 7.82. The van der Waals surface area contributed by atoms with Crippen LogP contribution in [0.15, 0.2) is 90.2 Å². The summed E-state index contributed by atoms with van der Waals surface area (Å²) in [6.45, 7) is 0. The van der Waals surface area contributed by atoms with E-state index in [1.54, 1.807) is 12.1 Å². The number of hydrogen-bond acceptors (Lipinski definition) is 3. The first-order chi connectivity index (χ1) is 16.2. The smallest absolute Gasteiger partial charge is 0.416 e. The highest BCUT2D eigenvalue weighted by atomic mass is 19.4. The number of benzene rings is 3. The van der Waals surface area contributed by atoms with E-state index in [2.05, 4.69) is 0 Å². The lowest BCUT2D eigenvalue weighted by molar-refractivity contribution is -0.137. The largest absolute Gasteiger partial charge is 0.503 e. The van der Waals surface area contributed by atoms with Gasteiger partial charge in [-0.05, 0) is 36.2 Å². The maximum Gasteiger partial charge on any atom is 0.416 e. The van der Waals surface area contributed by atoms with E-state index in [-0.39, 0.29) is 23.2 Å². The second-order valence-electron chi connectivity index (χ2n) is 7.82. The van der Waals surface area contributed by atoms with Gasteiger partial charge in [0.1, 0.15) is 5.82 Å². The van der Waals surface area contributed by atoms with Crippen LogP contribution in [0.1, 0.15) is 29.2 Å². The predicted molar refractivity (Wildman–Crippen MR) is 117 cm³/mol. The van der Waals surface area contributed by atoms with E-state index in [1.165, 1.54) is 24.3 Å². The molecule has 3 aromatic carbocycles. The quantitative estimate of drug-likeness (QED) is 0.454. The first-order valence-electron chi connectivity index (χ1n) is 10.4. The summed E-state index contributed by atoms with van der Waals surface area (Å²) in [7, 11) is 0. The molecule has 1 heterocycles. The molecule has 0 aliphatic carbocycles. The topological polar surface area (TPSA) is 57.6 Å². The third kappa shape index (κ3) is 4.44. The molecule has 4 rings (SSSR count).